The van der Waals surface area contributed by atoms with Gasteiger partial charge in [0.25, 0.3) is 5.56 Å². The van der Waals surface area contributed by atoms with Crippen molar-refractivity contribution in [2.75, 3.05) is 7.11 Å². The Morgan fingerprint density at radius 1 is 1.00 bits per heavy atom. The molecule has 0 saturated heterocycles. The Morgan fingerprint density at radius 3 is 2.51 bits per heavy atom. The highest BCUT2D eigenvalue weighted by molar-refractivity contribution is 6.31. The van der Waals surface area contributed by atoms with E-state index in [0.29, 0.717) is 44.4 Å². The van der Waals surface area contributed by atoms with Crippen molar-refractivity contribution in [1.29, 1.82) is 0 Å². The van der Waals surface area contributed by atoms with E-state index in [1.165, 1.54) is 24.1 Å². The van der Waals surface area contributed by atoms with Crippen molar-refractivity contribution < 1.29 is 13.9 Å². The Labute approximate surface area is 217 Å². The third-order valence-electron chi connectivity index (χ3n) is 5.70. The molecule has 0 fully saturated rings. The van der Waals surface area contributed by atoms with Gasteiger partial charge in [0.15, 0.2) is 17.3 Å². The first kappa shape index (κ1) is 24.2. The molecule has 184 valence electrons. The van der Waals surface area contributed by atoms with Gasteiger partial charge in [0.1, 0.15) is 12.4 Å². The summed E-state index contributed by atoms with van der Waals surface area (Å²) in [5.74, 6) is 0.648. The average molecular weight is 514 g/mol. The zero-order valence-electron chi connectivity index (χ0n) is 19.8. The van der Waals surface area contributed by atoms with Crippen molar-refractivity contribution in [3.05, 3.63) is 123 Å². The van der Waals surface area contributed by atoms with E-state index in [2.05, 4.69) is 5.10 Å². The number of halogens is 2. The summed E-state index contributed by atoms with van der Waals surface area (Å²) in [6, 6.07) is 26.0. The Balaban J connectivity index is 1.62. The van der Waals surface area contributed by atoms with Crippen LogP contribution in [0.1, 0.15) is 11.1 Å². The molecule has 0 atom stereocenters. The van der Waals surface area contributed by atoms with E-state index in [0.717, 1.165) is 5.56 Å². The van der Waals surface area contributed by atoms with Crippen molar-refractivity contribution in [2.24, 2.45) is 5.10 Å². The Kier molecular flexibility index (Phi) is 6.96. The summed E-state index contributed by atoms with van der Waals surface area (Å²) >= 11 is 6.32. The normalized spacial score (nSPS) is 11.2. The van der Waals surface area contributed by atoms with Crippen LogP contribution < -0.4 is 15.0 Å². The smallest absolute Gasteiger partial charge is 0.282 e. The van der Waals surface area contributed by atoms with Gasteiger partial charge in [0, 0.05) is 27.8 Å². The summed E-state index contributed by atoms with van der Waals surface area (Å²) in [7, 11) is 1.48. The second kappa shape index (κ2) is 10.6. The molecule has 0 radical (unpaired) electrons. The van der Waals surface area contributed by atoms with Gasteiger partial charge in [0.05, 0.1) is 24.2 Å². The van der Waals surface area contributed by atoms with Crippen molar-refractivity contribution in [3.8, 4) is 22.9 Å². The third-order valence-corrected chi connectivity index (χ3v) is 5.91. The molecule has 0 saturated carbocycles. The number of ether oxygens (including phenoxy) is 2. The first-order valence-corrected chi connectivity index (χ1v) is 11.8. The minimum Gasteiger partial charge on any atom is -0.493 e. The molecule has 1 heterocycles. The van der Waals surface area contributed by atoms with Crippen molar-refractivity contribution in [1.82, 2.24) is 9.66 Å². The van der Waals surface area contributed by atoms with Crippen LogP contribution in [0.15, 0.2) is 101 Å². The van der Waals surface area contributed by atoms with E-state index in [9.17, 15) is 9.18 Å². The summed E-state index contributed by atoms with van der Waals surface area (Å²) in [4.78, 5) is 18.2. The summed E-state index contributed by atoms with van der Waals surface area (Å²) in [6.07, 6.45) is 1.45. The molecule has 37 heavy (non-hydrogen) atoms. The van der Waals surface area contributed by atoms with Crippen LogP contribution in [0, 0.1) is 5.82 Å². The minimum absolute atomic E-state index is 0.0434. The van der Waals surface area contributed by atoms with Crippen LogP contribution >= 0.6 is 11.6 Å². The summed E-state index contributed by atoms with van der Waals surface area (Å²) < 4.78 is 26.9. The molecular formula is C29H21ClFN3O3. The van der Waals surface area contributed by atoms with Gasteiger partial charge in [-0.2, -0.15) is 9.78 Å². The molecule has 1 aromatic heterocycles. The van der Waals surface area contributed by atoms with Gasteiger partial charge in [-0.05, 0) is 24.3 Å². The number of fused-ring (bicyclic) bond motifs is 1. The number of nitrogens with zero attached hydrogens (tertiary/aromatic N) is 3. The van der Waals surface area contributed by atoms with Gasteiger partial charge in [0.2, 0.25) is 0 Å². The third kappa shape index (κ3) is 5.08. The number of benzene rings is 4. The van der Waals surface area contributed by atoms with Crippen LogP contribution in [0.3, 0.4) is 0 Å². The second-order valence-corrected chi connectivity index (χ2v) is 8.52. The predicted molar refractivity (Wildman–Crippen MR) is 143 cm³/mol. The molecule has 0 bridgehead atoms. The largest absolute Gasteiger partial charge is 0.493 e. The lowest BCUT2D eigenvalue weighted by Crippen LogP contribution is -2.20. The van der Waals surface area contributed by atoms with Gasteiger partial charge < -0.3 is 9.47 Å². The van der Waals surface area contributed by atoms with Gasteiger partial charge in [-0.15, -0.1) is 0 Å². The Morgan fingerprint density at radius 2 is 1.73 bits per heavy atom. The molecule has 0 aliphatic carbocycles. The summed E-state index contributed by atoms with van der Waals surface area (Å²) in [6.45, 7) is -0.0434. The highest BCUT2D eigenvalue weighted by Gasteiger charge is 2.15. The lowest BCUT2D eigenvalue weighted by atomic mass is 10.2. The minimum atomic E-state index is -0.382. The molecule has 6 nitrogen and oxygen atoms in total. The molecule has 4 aromatic carbocycles. The first-order valence-electron chi connectivity index (χ1n) is 11.4. The standard InChI is InChI=1S/C29H21ClFN3O3/c1-36-26-16-22(30)15-21(27(26)37-18-20-11-5-7-13-24(20)31)17-32-34-28(19-9-3-2-4-10-19)33-25-14-8-6-12-23(25)29(34)35/h2-17H,18H2,1H3. The fourth-order valence-corrected chi connectivity index (χ4v) is 4.10. The molecule has 8 heteroatoms. The van der Waals surface area contributed by atoms with Gasteiger partial charge >= 0.3 is 0 Å². The number of para-hydroxylation sites is 1. The average Bonchev–Trinajstić information content (AvgIpc) is 2.92. The second-order valence-electron chi connectivity index (χ2n) is 8.09. The van der Waals surface area contributed by atoms with Crippen LogP contribution in [-0.4, -0.2) is 23.0 Å². The van der Waals surface area contributed by atoms with Crippen LogP contribution in [0.4, 0.5) is 4.39 Å². The van der Waals surface area contributed by atoms with Crippen molar-refractivity contribution in [2.45, 2.75) is 6.61 Å². The number of aromatic nitrogens is 2. The maximum Gasteiger partial charge on any atom is 0.282 e. The molecule has 0 aliphatic heterocycles. The lowest BCUT2D eigenvalue weighted by molar-refractivity contribution is 0.279. The number of methoxy groups -OCH3 is 1. The molecule has 0 aliphatic rings. The maximum absolute atomic E-state index is 14.2. The first-order chi connectivity index (χ1) is 18.0. The lowest BCUT2D eigenvalue weighted by Gasteiger charge is -2.15. The molecule has 0 N–H and O–H groups in total. The van der Waals surface area contributed by atoms with Gasteiger partial charge in [-0.1, -0.05) is 72.3 Å². The van der Waals surface area contributed by atoms with E-state index < -0.39 is 0 Å². The predicted octanol–water partition coefficient (Wildman–Crippen LogP) is 6.33. The zero-order chi connectivity index (χ0) is 25.8. The highest BCUT2D eigenvalue weighted by atomic mass is 35.5. The summed E-state index contributed by atoms with van der Waals surface area (Å²) in [5.41, 5.74) is 1.78. The van der Waals surface area contributed by atoms with Crippen LogP contribution in [0.5, 0.6) is 11.5 Å². The topological polar surface area (TPSA) is 65.7 Å². The number of hydrogen-bond donors (Lipinski definition) is 0. The molecule has 0 amide bonds. The molecule has 5 aromatic rings. The van der Waals surface area contributed by atoms with Crippen LogP contribution in [-0.2, 0) is 6.61 Å². The number of hydrogen-bond acceptors (Lipinski definition) is 5. The molecule has 5 rings (SSSR count). The van der Waals surface area contributed by atoms with Crippen molar-refractivity contribution in [3.63, 3.8) is 0 Å². The maximum atomic E-state index is 14.2. The summed E-state index contributed by atoms with van der Waals surface area (Å²) in [5, 5.41) is 5.31. The zero-order valence-corrected chi connectivity index (χ0v) is 20.5. The molecule has 0 unspecified atom stereocenters. The van der Waals surface area contributed by atoms with Gasteiger partial charge in [-0.25, -0.2) is 9.37 Å². The molecule has 0 spiro atoms. The van der Waals surface area contributed by atoms with E-state index in [-0.39, 0.29) is 18.0 Å². The fourth-order valence-electron chi connectivity index (χ4n) is 3.88. The SMILES string of the molecule is COc1cc(Cl)cc(C=Nn2c(-c3ccccc3)nc3ccccc3c2=O)c1OCc1ccccc1F. The monoisotopic (exact) mass is 513 g/mol. The van der Waals surface area contributed by atoms with Crippen molar-refractivity contribution >= 4 is 28.7 Å². The Hall–Kier alpha value is -4.49. The number of rotatable bonds is 7. The van der Waals surface area contributed by atoms with Crippen LogP contribution in [0.25, 0.3) is 22.3 Å². The highest BCUT2D eigenvalue weighted by Crippen LogP contribution is 2.34. The van der Waals surface area contributed by atoms with Gasteiger partial charge in [-0.3, -0.25) is 4.79 Å². The van der Waals surface area contributed by atoms with E-state index in [4.69, 9.17) is 26.1 Å². The van der Waals surface area contributed by atoms with E-state index in [1.54, 1.807) is 48.5 Å². The van der Waals surface area contributed by atoms with E-state index >= 15 is 0 Å². The molecular weight excluding hydrogens is 493 g/mol. The van der Waals surface area contributed by atoms with Crippen LogP contribution in [0.2, 0.25) is 5.02 Å². The Bertz CT molecular complexity index is 1670. The van der Waals surface area contributed by atoms with E-state index in [1.807, 2.05) is 36.4 Å². The quantitative estimate of drug-likeness (QED) is 0.239. The fraction of sp³-hybridized carbons (Fsp3) is 0.0690.